The van der Waals surface area contributed by atoms with Crippen LogP contribution in [0.2, 0.25) is 0 Å². The van der Waals surface area contributed by atoms with Gasteiger partial charge in [0.2, 0.25) is 0 Å². The second-order valence-electron chi connectivity index (χ2n) is 3.01. The van der Waals surface area contributed by atoms with Crippen LogP contribution in [0.3, 0.4) is 0 Å². The van der Waals surface area contributed by atoms with Crippen LogP contribution in [0.5, 0.6) is 0 Å². The average Bonchev–Trinajstić information content (AvgIpc) is 2.57. The number of rotatable bonds is 4. The molecule has 0 spiro atoms. The molecule has 1 aliphatic heterocycles. The van der Waals surface area contributed by atoms with E-state index in [2.05, 4.69) is 4.65 Å². The van der Waals surface area contributed by atoms with E-state index in [1.54, 1.807) is 0 Å². The van der Waals surface area contributed by atoms with Gasteiger partial charge in [0.05, 0.1) is 19.3 Å². The minimum absolute atomic E-state index is 0. The summed E-state index contributed by atoms with van der Waals surface area (Å²) in [4.78, 5) is 0. The van der Waals surface area contributed by atoms with Crippen molar-refractivity contribution in [3.63, 3.8) is 0 Å². The van der Waals surface area contributed by atoms with Crippen LogP contribution < -0.4 is 0 Å². The van der Waals surface area contributed by atoms with Crippen LogP contribution in [0.25, 0.3) is 0 Å². The SMILES string of the molecule is OCC(O)C(O)C1OB(O)OC1CO.[Na]. The number of aliphatic hydroxyl groups is 4. The largest absolute Gasteiger partial charge is 0.637 e. The topological polar surface area (TPSA) is 120 Å². The van der Waals surface area contributed by atoms with Crippen LogP contribution in [0.15, 0.2) is 0 Å². The molecule has 1 heterocycles. The zero-order valence-corrected chi connectivity index (χ0v) is 10.4. The first-order valence-electron chi connectivity index (χ1n) is 4.17. The summed E-state index contributed by atoms with van der Waals surface area (Å²) >= 11 is 0. The van der Waals surface area contributed by atoms with Gasteiger partial charge in [0.15, 0.2) is 0 Å². The van der Waals surface area contributed by atoms with E-state index >= 15 is 0 Å². The normalized spacial score (nSPS) is 29.8. The maximum atomic E-state index is 9.40. The van der Waals surface area contributed by atoms with Gasteiger partial charge in [-0.3, -0.25) is 0 Å². The average molecular weight is 231 g/mol. The van der Waals surface area contributed by atoms with Crippen LogP contribution in [0, 0.1) is 0 Å². The molecule has 0 bridgehead atoms. The maximum Gasteiger partial charge on any atom is 0.637 e. The zero-order chi connectivity index (χ0) is 10.7. The number of aliphatic hydroxyl groups excluding tert-OH is 4. The van der Waals surface area contributed by atoms with E-state index in [1.807, 2.05) is 0 Å². The van der Waals surface area contributed by atoms with Crippen molar-refractivity contribution in [3.8, 4) is 0 Å². The minimum atomic E-state index is -1.53. The molecule has 1 saturated heterocycles. The molecule has 83 valence electrons. The van der Waals surface area contributed by atoms with Gasteiger partial charge < -0.3 is 34.8 Å². The third-order valence-corrected chi connectivity index (χ3v) is 2.03. The van der Waals surface area contributed by atoms with Crippen LogP contribution in [-0.2, 0) is 9.31 Å². The second kappa shape index (κ2) is 7.18. The van der Waals surface area contributed by atoms with Gasteiger partial charge in [0.1, 0.15) is 18.3 Å². The standard InChI is InChI=1S/C6H13BO7.Na/c8-1-3(10)5(11)6-4(2-9)13-7(12)14-6;/h3-6,8-12H,1-2H2;. The van der Waals surface area contributed by atoms with Crippen molar-refractivity contribution in [2.75, 3.05) is 13.2 Å². The van der Waals surface area contributed by atoms with E-state index in [4.69, 9.17) is 25.0 Å². The number of hydrogen-bond acceptors (Lipinski definition) is 7. The Morgan fingerprint density at radius 2 is 1.80 bits per heavy atom. The van der Waals surface area contributed by atoms with Gasteiger partial charge in [-0.25, -0.2) is 0 Å². The Hall–Kier alpha value is 0.785. The molecular weight excluding hydrogens is 218 g/mol. The smallest absolute Gasteiger partial charge is 0.402 e. The summed E-state index contributed by atoms with van der Waals surface area (Å²) in [6.45, 7) is -1.10. The maximum absolute atomic E-state index is 9.40. The van der Waals surface area contributed by atoms with Crippen molar-refractivity contribution in [2.45, 2.75) is 24.4 Å². The molecule has 5 N–H and O–H groups in total. The fraction of sp³-hybridized carbons (Fsp3) is 1.00. The predicted octanol–water partition coefficient (Wildman–Crippen LogP) is -3.93. The first kappa shape index (κ1) is 15.8. The summed E-state index contributed by atoms with van der Waals surface area (Å²) in [5.41, 5.74) is 0. The zero-order valence-electron chi connectivity index (χ0n) is 8.35. The van der Waals surface area contributed by atoms with Gasteiger partial charge in [0, 0.05) is 29.6 Å². The van der Waals surface area contributed by atoms with Crippen molar-refractivity contribution < 1.29 is 34.8 Å². The first-order chi connectivity index (χ1) is 6.60. The third-order valence-electron chi connectivity index (χ3n) is 2.03. The Labute approximate surface area is 109 Å². The fourth-order valence-electron chi connectivity index (χ4n) is 1.26. The molecule has 9 heteroatoms. The molecule has 0 aromatic heterocycles. The molecule has 4 atom stereocenters. The molecule has 1 radical (unpaired) electrons. The van der Waals surface area contributed by atoms with Crippen LogP contribution >= 0.6 is 0 Å². The molecule has 0 aromatic rings. The van der Waals surface area contributed by atoms with Crippen molar-refractivity contribution in [1.29, 1.82) is 0 Å². The van der Waals surface area contributed by atoms with Crippen LogP contribution in [0.4, 0.5) is 0 Å². The molecular formula is C6H13BNaO7. The Morgan fingerprint density at radius 1 is 1.20 bits per heavy atom. The predicted molar refractivity (Wildman–Crippen MR) is 49.7 cm³/mol. The van der Waals surface area contributed by atoms with Gasteiger partial charge in [-0.05, 0) is 0 Å². The Kier molecular flexibility index (Phi) is 7.55. The van der Waals surface area contributed by atoms with E-state index in [-0.39, 0.29) is 29.6 Å². The van der Waals surface area contributed by atoms with Crippen LogP contribution in [-0.4, -0.2) is 100.0 Å². The summed E-state index contributed by atoms with van der Waals surface area (Å²) in [5, 5.41) is 44.7. The van der Waals surface area contributed by atoms with Gasteiger partial charge >= 0.3 is 7.32 Å². The number of hydrogen-bond donors (Lipinski definition) is 5. The van der Waals surface area contributed by atoms with Crippen LogP contribution in [0.1, 0.15) is 0 Å². The molecule has 1 fully saturated rings. The molecule has 7 nitrogen and oxygen atoms in total. The van der Waals surface area contributed by atoms with Crippen molar-refractivity contribution in [3.05, 3.63) is 0 Å². The Bertz CT molecular complexity index is 185. The monoisotopic (exact) mass is 231 g/mol. The van der Waals surface area contributed by atoms with E-state index in [1.165, 1.54) is 0 Å². The van der Waals surface area contributed by atoms with E-state index in [9.17, 15) is 5.11 Å². The molecule has 1 aliphatic rings. The van der Waals surface area contributed by atoms with Gasteiger partial charge in [-0.2, -0.15) is 0 Å². The van der Waals surface area contributed by atoms with E-state index in [0.29, 0.717) is 0 Å². The quantitative estimate of drug-likeness (QED) is 0.313. The molecule has 0 amide bonds. The van der Waals surface area contributed by atoms with Crippen molar-refractivity contribution in [1.82, 2.24) is 0 Å². The van der Waals surface area contributed by atoms with Gasteiger partial charge in [0.25, 0.3) is 0 Å². The molecule has 15 heavy (non-hydrogen) atoms. The van der Waals surface area contributed by atoms with Crippen molar-refractivity contribution in [2.24, 2.45) is 0 Å². The van der Waals surface area contributed by atoms with Gasteiger partial charge in [-0.15, -0.1) is 0 Å². The fourth-order valence-corrected chi connectivity index (χ4v) is 1.26. The summed E-state index contributed by atoms with van der Waals surface area (Å²) in [6.07, 6.45) is -4.80. The second-order valence-corrected chi connectivity index (χ2v) is 3.01. The molecule has 1 rings (SSSR count). The molecule has 0 aromatic carbocycles. The van der Waals surface area contributed by atoms with Crippen molar-refractivity contribution >= 4 is 36.9 Å². The summed E-state index contributed by atoms with van der Waals surface area (Å²) in [5.74, 6) is 0. The Balaban J connectivity index is 0.00000196. The van der Waals surface area contributed by atoms with E-state index < -0.39 is 45.0 Å². The first-order valence-corrected chi connectivity index (χ1v) is 4.17. The van der Waals surface area contributed by atoms with E-state index in [0.717, 1.165) is 0 Å². The summed E-state index contributed by atoms with van der Waals surface area (Å²) in [7, 11) is -1.53. The summed E-state index contributed by atoms with van der Waals surface area (Å²) < 4.78 is 9.37. The van der Waals surface area contributed by atoms with Gasteiger partial charge in [-0.1, -0.05) is 0 Å². The molecule has 0 saturated carbocycles. The summed E-state index contributed by atoms with van der Waals surface area (Å²) in [6, 6.07) is 0. The Morgan fingerprint density at radius 3 is 2.27 bits per heavy atom. The third kappa shape index (κ3) is 3.93. The minimum Gasteiger partial charge on any atom is -0.402 e. The molecule has 4 unspecified atom stereocenters. The molecule has 0 aliphatic carbocycles.